The maximum atomic E-state index is 3.56. The highest BCUT2D eigenvalue weighted by Crippen LogP contribution is 2.37. The van der Waals surface area contributed by atoms with Crippen molar-refractivity contribution in [2.75, 3.05) is 19.6 Å². The molecule has 1 saturated carbocycles. The molecule has 2 heterocycles. The van der Waals surface area contributed by atoms with Gasteiger partial charge in [0.15, 0.2) is 0 Å². The molecule has 0 aromatic heterocycles. The van der Waals surface area contributed by atoms with E-state index in [0.29, 0.717) is 0 Å². The van der Waals surface area contributed by atoms with Gasteiger partial charge in [0.2, 0.25) is 0 Å². The van der Waals surface area contributed by atoms with Gasteiger partial charge in [-0.1, -0.05) is 12.8 Å². The van der Waals surface area contributed by atoms with Crippen molar-refractivity contribution in [2.24, 2.45) is 5.92 Å². The van der Waals surface area contributed by atoms with E-state index in [1.54, 1.807) is 0 Å². The Morgan fingerprint density at radius 1 is 0.765 bits per heavy atom. The fourth-order valence-electron chi connectivity index (χ4n) is 4.45. The van der Waals surface area contributed by atoms with Gasteiger partial charge < -0.3 is 5.32 Å². The number of rotatable bonds is 2. The SMILES string of the molecule is C1CCC(C2CCCN2C2CCCNCC2)C1. The first-order chi connectivity index (χ1) is 8.45. The van der Waals surface area contributed by atoms with Crippen LogP contribution in [0.3, 0.4) is 0 Å². The molecule has 0 radical (unpaired) electrons. The summed E-state index contributed by atoms with van der Waals surface area (Å²) in [6.45, 7) is 3.89. The molecule has 2 heteroatoms. The normalized spacial score (nSPS) is 37.4. The van der Waals surface area contributed by atoms with E-state index >= 15 is 0 Å². The highest BCUT2D eigenvalue weighted by atomic mass is 15.2. The van der Waals surface area contributed by atoms with Crippen LogP contribution in [0.2, 0.25) is 0 Å². The van der Waals surface area contributed by atoms with E-state index in [1.165, 1.54) is 77.4 Å². The molecule has 3 aliphatic rings. The van der Waals surface area contributed by atoms with Gasteiger partial charge in [0.1, 0.15) is 0 Å². The molecule has 2 aliphatic heterocycles. The van der Waals surface area contributed by atoms with E-state index in [9.17, 15) is 0 Å². The predicted octanol–water partition coefficient (Wildman–Crippen LogP) is 2.78. The lowest BCUT2D eigenvalue weighted by molar-refractivity contribution is 0.125. The van der Waals surface area contributed by atoms with Gasteiger partial charge in [0, 0.05) is 12.1 Å². The summed E-state index contributed by atoms with van der Waals surface area (Å²) in [5, 5.41) is 3.56. The minimum Gasteiger partial charge on any atom is -0.317 e. The minimum absolute atomic E-state index is 0.901. The summed E-state index contributed by atoms with van der Waals surface area (Å²) in [6, 6.07) is 1.86. The zero-order valence-electron chi connectivity index (χ0n) is 11.2. The third kappa shape index (κ3) is 2.68. The fraction of sp³-hybridized carbons (Fsp3) is 1.00. The third-order valence-electron chi connectivity index (χ3n) is 5.30. The molecule has 17 heavy (non-hydrogen) atoms. The van der Waals surface area contributed by atoms with Crippen LogP contribution in [-0.4, -0.2) is 36.6 Å². The first kappa shape index (κ1) is 12.0. The lowest BCUT2D eigenvalue weighted by Crippen LogP contribution is -2.42. The van der Waals surface area contributed by atoms with Crippen LogP contribution in [0.25, 0.3) is 0 Å². The zero-order valence-corrected chi connectivity index (χ0v) is 11.2. The Balaban J connectivity index is 1.63. The molecule has 2 saturated heterocycles. The van der Waals surface area contributed by atoms with Crippen LogP contribution in [0.15, 0.2) is 0 Å². The summed E-state index contributed by atoms with van der Waals surface area (Å²) in [6.07, 6.45) is 13.2. The topological polar surface area (TPSA) is 15.3 Å². The maximum Gasteiger partial charge on any atom is 0.0127 e. The van der Waals surface area contributed by atoms with Gasteiger partial charge >= 0.3 is 0 Å². The van der Waals surface area contributed by atoms with Gasteiger partial charge in [-0.15, -0.1) is 0 Å². The number of nitrogens with one attached hydrogen (secondary N) is 1. The molecule has 0 aromatic rings. The molecular formula is C15H28N2. The number of hydrogen-bond donors (Lipinski definition) is 1. The molecule has 2 atom stereocenters. The Bertz CT molecular complexity index is 227. The lowest BCUT2D eigenvalue weighted by Gasteiger charge is -2.35. The van der Waals surface area contributed by atoms with Gasteiger partial charge in [-0.25, -0.2) is 0 Å². The fourth-order valence-corrected chi connectivity index (χ4v) is 4.45. The lowest BCUT2D eigenvalue weighted by atomic mass is 9.94. The number of likely N-dealkylation sites (tertiary alicyclic amines) is 1. The largest absolute Gasteiger partial charge is 0.317 e. The molecule has 2 nitrogen and oxygen atoms in total. The Labute approximate surface area is 106 Å². The molecule has 0 spiro atoms. The smallest absolute Gasteiger partial charge is 0.0127 e. The van der Waals surface area contributed by atoms with Crippen LogP contribution < -0.4 is 5.32 Å². The van der Waals surface area contributed by atoms with Gasteiger partial charge in [0.25, 0.3) is 0 Å². The van der Waals surface area contributed by atoms with Crippen molar-refractivity contribution in [2.45, 2.75) is 69.9 Å². The maximum absolute atomic E-state index is 3.56. The Kier molecular flexibility index (Phi) is 4.02. The van der Waals surface area contributed by atoms with Crippen LogP contribution in [0.1, 0.15) is 57.8 Å². The van der Waals surface area contributed by atoms with Crippen molar-refractivity contribution < 1.29 is 0 Å². The second-order valence-corrected chi connectivity index (χ2v) is 6.33. The molecule has 0 amide bonds. The van der Waals surface area contributed by atoms with Gasteiger partial charge in [-0.3, -0.25) is 4.90 Å². The second-order valence-electron chi connectivity index (χ2n) is 6.33. The monoisotopic (exact) mass is 236 g/mol. The Hall–Kier alpha value is -0.0800. The van der Waals surface area contributed by atoms with Crippen molar-refractivity contribution in [1.82, 2.24) is 10.2 Å². The summed E-state index contributed by atoms with van der Waals surface area (Å²) >= 11 is 0. The number of nitrogens with zero attached hydrogens (tertiary/aromatic N) is 1. The van der Waals surface area contributed by atoms with E-state index in [0.717, 1.165) is 18.0 Å². The number of hydrogen-bond acceptors (Lipinski definition) is 2. The average Bonchev–Trinajstić information content (AvgIpc) is 2.95. The highest BCUT2D eigenvalue weighted by Gasteiger charge is 2.36. The predicted molar refractivity (Wildman–Crippen MR) is 72.2 cm³/mol. The van der Waals surface area contributed by atoms with Crippen LogP contribution in [0, 0.1) is 5.92 Å². The summed E-state index contributed by atoms with van der Waals surface area (Å²) < 4.78 is 0. The van der Waals surface area contributed by atoms with E-state index in [1.807, 2.05) is 0 Å². The van der Waals surface area contributed by atoms with Gasteiger partial charge in [-0.05, 0) is 70.5 Å². The second kappa shape index (κ2) is 5.71. The van der Waals surface area contributed by atoms with Crippen LogP contribution >= 0.6 is 0 Å². The summed E-state index contributed by atoms with van der Waals surface area (Å²) in [5.41, 5.74) is 0. The standard InChI is InChI=1S/C15H28N2/c1-2-6-13(5-1)15-8-4-12-17(15)14-7-3-10-16-11-9-14/h13-16H,1-12H2. The molecule has 0 aromatic carbocycles. The molecular weight excluding hydrogens is 208 g/mol. The van der Waals surface area contributed by atoms with Crippen LogP contribution in [0.5, 0.6) is 0 Å². The molecule has 3 fully saturated rings. The summed E-state index contributed by atoms with van der Waals surface area (Å²) in [7, 11) is 0. The first-order valence-electron chi connectivity index (χ1n) is 7.91. The van der Waals surface area contributed by atoms with Crippen molar-refractivity contribution in [3.05, 3.63) is 0 Å². The van der Waals surface area contributed by atoms with E-state index in [4.69, 9.17) is 0 Å². The molecule has 1 N–H and O–H groups in total. The molecule has 0 bridgehead atoms. The van der Waals surface area contributed by atoms with Crippen molar-refractivity contribution >= 4 is 0 Å². The van der Waals surface area contributed by atoms with Crippen molar-refractivity contribution in [3.63, 3.8) is 0 Å². The third-order valence-corrected chi connectivity index (χ3v) is 5.30. The zero-order chi connectivity index (χ0) is 11.5. The van der Waals surface area contributed by atoms with E-state index in [2.05, 4.69) is 10.2 Å². The van der Waals surface area contributed by atoms with Gasteiger partial charge in [-0.2, -0.15) is 0 Å². The first-order valence-corrected chi connectivity index (χ1v) is 7.91. The summed E-state index contributed by atoms with van der Waals surface area (Å²) in [4.78, 5) is 2.92. The molecule has 1 aliphatic carbocycles. The van der Waals surface area contributed by atoms with Gasteiger partial charge in [0.05, 0.1) is 0 Å². The Morgan fingerprint density at radius 2 is 1.65 bits per heavy atom. The molecule has 98 valence electrons. The van der Waals surface area contributed by atoms with E-state index in [-0.39, 0.29) is 0 Å². The quantitative estimate of drug-likeness (QED) is 0.793. The van der Waals surface area contributed by atoms with Crippen LogP contribution in [0.4, 0.5) is 0 Å². The van der Waals surface area contributed by atoms with Crippen LogP contribution in [-0.2, 0) is 0 Å². The van der Waals surface area contributed by atoms with Crippen molar-refractivity contribution in [1.29, 1.82) is 0 Å². The van der Waals surface area contributed by atoms with Crippen molar-refractivity contribution in [3.8, 4) is 0 Å². The summed E-state index contributed by atoms with van der Waals surface area (Å²) in [5.74, 6) is 1.05. The molecule has 2 unspecified atom stereocenters. The average molecular weight is 236 g/mol. The minimum atomic E-state index is 0.901. The Morgan fingerprint density at radius 3 is 2.53 bits per heavy atom. The highest BCUT2D eigenvalue weighted by molar-refractivity contribution is 4.91. The molecule has 3 rings (SSSR count). The van der Waals surface area contributed by atoms with E-state index < -0.39 is 0 Å².